The zero-order valence-electron chi connectivity index (χ0n) is 8.13. The van der Waals surface area contributed by atoms with Crippen LogP contribution in [0.5, 0.6) is 0 Å². The number of hydrogen-bond acceptors (Lipinski definition) is 3. The van der Waals surface area contributed by atoms with Gasteiger partial charge in [-0.1, -0.05) is 30.3 Å². The average Bonchev–Trinajstić information content (AvgIpc) is 2.62. The number of nitrogen functional groups attached to an aromatic ring is 1. The summed E-state index contributed by atoms with van der Waals surface area (Å²) in [5.74, 6) is 0.411. The third-order valence-electron chi connectivity index (χ3n) is 2.21. The Bertz CT molecular complexity index is 462. The standard InChI is InChI=1S/C11H11N3O/c12-11-10(8-15)6-13-14(11)7-9-4-2-1-3-5-9/h1-6,8H,7,12H2. The molecule has 0 fully saturated rings. The van der Waals surface area contributed by atoms with E-state index in [1.54, 1.807) is 4.68 Å². The molecule has 0 bridgehead atoms. The van der Waals surface area contributed by atoms with Crippen molar-refractivity contribution in [1.29, 1.82) is 0 Å². The third-order valence-corrected chi connectivity index (χ3v) is 2.21. The van der Waals surface area contributed by atoms with E-state index in [9.17, 15) is 4.79 Å². The first-order valence-corrected chi connectivity index (χ1v) is 4.61. The number of hydrogen-bond donors (Lipinski definition) is 1. The van der Waals surface area contributed by atoms with E-state index in [4.69, 9.17) is 5.73 Å². The largest absolute Gasteiger partial charge is 0.383 e. The molecule has 1 aromatic heterocycles. The zero-order valence-corrected chi connectivity index (χ0v) is 8.13. The van der Waals surface area contributed by atoms with Crippen LogP contribution in [0.15, 0.2) is 36.5 Å². The van der Waals surface area contributed by atoms with Crippen LogP contribution in [-0.4, -0.2) is 16.1 Å². The molecule has 2 rings (SSSR count). The van der Waals surface area contributed by atoms with Crippen LogP contribution in [0, 0.1) is 0 Å². The van der Waals surface area contributed by atoms with Gasteiger partial charge in [0.2, 0.25) is 0 Å². The zero-order chi connectivity index (χ0) is 10.7. The number of anilines is 1. The van der Waals surface area contributed by atoms with E-state index in [2.05, 4.69) is 5.10 Å². The summed E-state index contributed by atoms with van der Waals surface area (Å²) in [5, 5.41) is 4.04. The summed E-state index contributed by atoms with van der Waals surface area (Å²) in [6.45, 7) is 0.584. The van der Waals surface area contributed by atoms with Crippen molar-refractivity contribution in [2.24, 2.45) is 0 Å². The Balaban J connectivity index is 2.25. The van der Waals surface area contributed by atoms with Gasteiger partial charge in [0.1, 0.15) is 5.82 Å². The minimum atomic E-state index is 0.411. The third kappa shape index (κ3) is 1.88. The Hall–Kier alpha value is -2.10. The number of rotatable bonds is 3. The molecule has 15 heavy (non-hydrogen) atoms. The molecule has 0 saturated heterocycles. The summed E-state index contributed by atoms with van der Waals surface area (Å²) in [7, 11) is 0. The average molecular weight is 201 g/mol. The molecule has 2 aromatic rings. The van der Waals surface area contributed by atoms with Gasteiger partial charge in [0.25, 0.3) is 0 Å². The Morgan fingerprint density at radius 1 is 1.33 bits per heavy atom. The van der Waals surface area contributed by atoms with Crippen LogP contribution in [0.2, 0.25) is 0 Å². The topological polar surface area (TPSA) is 60.9 Å². The lowest BCUT2D eigenvalue weighted by Gasteiger charge is -2.03. The van der Waals surface area contributed by atoms with Crippen molar-refractivity contribution < 1.29 is 4.79 Å². The highest BCUT2D eigenvalue weighted by atomic mass is 16.1. The van der Waals surface area contributed by atoms with Crippen molar-refractivity contribution >= 4 is 12.1 Å². The van der Waals surface area contributed by atoms with Gasteiger partial charge in [0.05, 0.1) is 18.3 Å². The maximum absolute atomic E-state index is 10.6. The molecule has 2 N–H and O–H groups in total. The number of carbonyl (C=O) groups is 1. The first-order valence-electron chi connectivity index (χ1n) is 4.61. The van der Waals surface area contributed by atoms with Gasteiger partial charge < -0.3 is 5.73 Å². The predicted molar refractivity (Wildman–Crippen MR) is 57.6 cm³/mol. The summed E-state index contributed by atoms with van der Waals surface area (Å²) in [6.07, 6.45) is 2.19. The number of carbonyl (C=O) groups excluding carboxylic acids is 1. The molecule has 4 nitrogen and oxygen atoms in total. The minimum Gasteiger partial charge on any atom is -0.383 e. The van der Waals surface area contributed by atoms with Gasteiger partial charge in [0, 0.05) is 0 Å². The molecule has 0 aliphatic carbocycles. The highest BCUT2D eigenvalue weighted by Crippen LogP contribution is 2.10. The fraction of sp³-hybridized carbons (Fsp3) is 0.0909. The minimum absolute atomic E-state index is 0.411. The molecule has 0 aliphatic heterocycles. The van der Waals surface area contributed by atoms with Crippen molar-refractivity contribution in [2.75, 3.05) is 5.73 Å². The number of nitrogens with two attached hydrogens (primary N) is 1. The first kappa shape index (κ1) is 9.45. The van der Waals surface area contributed by atoms with E-state index >= 15 is 0 Å². The number of aromatic nitrogens is 2. The van der Waals surface area contributed by atoms with Gasteiger partial charge in [-0.15, -0.1) is 0 Å². The lowest BCUT2D eigenvalue weighted by Crippen LogP contribution is -2.06. The molecule has 0 saturated carbocycles. The summed E-state index contributed by atoms with van der Waals surface area (Å²) >= 11 is 0. The van der Waals surface area contributed by atoms with Crippen molar-refractivity contribution in [2.45, 2.75) is 6.54 Å². The van der Waals surface area contributed by atoms with Crippen molar-refractivity contribution in [3.05, 3.63) is 47.7 Å². The molecule has 0 spiro atoms. The molecule has 0 atom stereocenters. The van der Waals surface area contributed by atoms with Crippen LogP contribution in [0.1, 0.15) is 15.9 Å². The fourth-order valence-corrected chi connectivity index (χ4v) is 1.38. The lowest BCUT2D eigenvalue weighted by molar-refractivity contribution is 0.112. The van der Waals surface area contributed by atoms with Crippen LogP contribution < -0.4 is 5.73 Å². The number of aldehydes is 1. The van der Waals surface area contributed by atoms with Gasteiger partial charge in [-0.2, -0.15) is 5.10 Å². The second kappa shape index (κ2) is 3.96. The molecule has 76 valence electrons. The van der Waals surface area contributed by atoms with Crippen LogP contribution in [0.25, 0.3) is 0 Å². The fourth-order valence-electron chi connectivity index (χ4n) is 1.38. The highest BCUT2D eigenvalue weighted by molar-refractivity contribution is 5.81. The van der Waals surface area contributed by atoms with Gasteiger partial charge in [-0.05, 0) is 5.56 Å². The molecule has 0 radical (unpaired) electrons. The monoisotopic (exact) mass is 201 g/mol. The summed E-state index contributed by atoms with van der Waals surface area (Å²) in [6, 6.07) is 9.83. The smallest absolute Gasteiger partial charge is 0.155 e. The summed E-state index contributed by atoms with van der Waals surface area (Å²) < 4.78 is 1.61. The van der Waals surface area contributed by atoms with Gasteiger partial charge >= 0.3 is 0 Å². The Labute approximate surface area is 87.3 Å². The van der Waals surface area contributed by atoms with Crippen molar-refractivity contribution in [1.82, 2.24) is 9.78 Å². The van der Waals surface area contributed by atoms with Gasteiger partial charge in [0.15, 0.2) is 6.29 Å². The quantitative estimate of drug-likeness (QED) is 0.762. The number of benzene rings is 1. The second-order valence-corrected chi connectivity index (χ2v) is 3.25. The molecular weight excluding hydrogens is 190 g/mol. The van der Waals surface area contributed by atoms with Gasteiger partial charge in [-0.25, -0.2) is 4.68 Å². The molecule has 0 aliphatic rings. The maximum Gasteiger partial charge on any atom is 0.155 e. The van der Waals surface area contributed by atoms with Crippen molar-refractivity contribution in [3.8, 4) is 0 Å². The van der Waals surface area contributed by atoms with Crippen LogP contribution in [0.3, 0.4) is 0 Å². The lowest BCUT2D eigenvalue weighted by atomic mass is 10.2. The highest BCUT2D eigenvalue weighted by Gasteiger charge is 2.05. The van der Waals surface area contributed by atoms with E-state index < -0.39 is 0 Å². The summed E-state index contributed by atoms with van der Waals surface area (Å²) in [4.78, 5) is 10.6. The van der Waals surface area contributed by atoms with Crippen LogP contribution in [0.4, 0.5) is 5.82 Å². The molecule has 1 aromatic carbocycles. The van der Waals surface area contributed by atoms with Crippen LogP contribution >= 0.6 is 0 Å². The normalized spacial score (nSPS) is 10.1. The molecule has 0 unspecified atom stereocenters. The second-order valence-electron chi connectivity index (χ2n) is 3.25. The van der Waals surface area contributed by atoms with E-state index in [0.717, 1.165) is 5.56 Å². The van der Waals surface area contributed by atoms with Crippen molar-refractivity contribution in [3.63, 3.8) is 0 Å². The SMILES string of the molecule is Nc1c(C=O)cnn1Cc1ccccc1. The number of nitrogens with zero attached hydrogens (tertiary/aromatic N) is 2. The molecule has 0 amide bonds. The van der Waals surface area contributed by atoms with E-state index in [-0.39, 0.29) is 0 Å². The molecular formula is C11H11N3O. The van der Waals surface area contributed by atoms with E-state index in [0.29, 0.717) is 24.2 Å². The Morgan fingerprint density at radius 2 is 2.07 bits per heavy atom. The molecule has 1 heterocycles. The Morgan fingerprint density at radius 3 is 2.67 bits per heavy atom. The molecule has 4 heteroatoms. The van der Waals surface area contributed by atoms with Crippen LogP contribution in [-0.2, 0) is 6.54 Å². The first-order chi connectivity index (χ1) is 7.31. The van der Waals surface area contributed by atoms with E-state index in [1.165, 1.54) is 6.20 Å². The predicted octanol–water partition coefficient (Wildman–Crippen LogP) is 1.33. The van der Waals surface area contributed by atoms with E-state index in [1.807, 2.05) is 30.3 Å². The van der Waals surface area contributed by atoms with Gasteiger partial charge in [-0.3, -0.25) is 4.79 Å². The maximum atomic E-state index is 10.6. The summed E-state index contributed by atoms with van der Waals surface area (Å²) in [5.41, 5.74) is 7.27. The Kier molecular flexibility index (Phi) is 2.49.